The molecule has 0 bridgehead atoms. The number of carbonyl (C=O) groups excluding carboxylic acids is 1. The predicted octanol–water partition coefficient (Wildman–Crippen LogP) is 2.78. The van der Waals surface area contributed by atoms with Crippen LogP contribution in [0.2, 0.25) is 0 Å². The van der Waals surface area contributed by atoms with Crippen molar-refractivity contribution in [1.82, 2.24) is 25.0 Å². The van der Waals surface area contributed by atoms with E-state index in [1.165, 1.54) is 0 Å². The van der Waals surface area contributed by atoms with Crippen molar-refractivity contribution in [2.75, 3.05) is 5.73 Å². The number of nitrogen functional groups attached to an aromatic ring is 1. The van der Waals surface area contributed by atoms with Crippen LogP contribution in [0.4, 0.5) is 5.82 Å². The molecule has 0 unspecified atom stereocenters. The molecule has 0 aliphatic heterocycles. The van der Waals surface area contributed by atoms with Crippen molar-refractivity contribution < 1.29 is 4.79 Å². The van der Waals surface area contributed by atoms with E-state index in [1.54, 1.807) is 10.9 Å². The number of aldehydes is 1. The van der Waals surface area contributed by atoms with Crippen LogP contribution in [0.5, 0.6) is 0 Å². The molecule has 0 aliphatic rings. The van der Waals surface area contributed by atoms with Crippen molar-refractivity contribution in [2.24, 2.45) is 5.41 Å². The smallest absolute Gasteiger partial charge is 0.135 e. The number of carbonyl (C=O) groups is 1. The van der Waals surface area contributed by atoms with Gasteiger partial charge in [-0.2, -0.15) is 10.2 Å². The number of benzene rings is 1. The van der Waals surface area contributed by atoms with Gasteiger partial charge in [0.15, 0.2) is 0 Å². The summed E-state index contributed by atoms with van der Waals surface area (Å²) in [6, 6.07) is 7.86. The number of nitrogens with zero attached hydrogens (tertiary/aromatic N) is 4. The molecule has 7 heteroatoms. The summed E-state index contributed by atoms with van der Waals surface area (Å²) < 4.78 is 1.76. The zero-order chi connectivity index (χ0) is 17.6. The van der Waals surface area contributed by atoms with E-state index in [9.17, 15) is 4.79 Å². The fourth-order valence-corrected chi connectivity index (χ4v) is 2.94. The van der Waals surface area contributed by atoms with Crippen LogP contribution >= 0.6 is 0 Å². The van der Waals surface area contributed by atoms with E-state index in [0.717, 1.165) is 39.3 Å². The number of H-pyrrole nitrogens is 1. The van der Waals surface area contributed by atoms with E-state index in [-0.39, 0.29) is 0 Å². The molecule has 3 N–H and O–H groups in total. The van der Waals surface area contributed by atoms with Crippen LogP contribution in [0.1, 0.15) is 13.8 Å². The molecular formula is C18H18N6O. The summed E-state index contributed by atoms with van der Waals surface area (Å²) in [5.74, 6) is 0.430. The number of hydrogen-bond donors (Lipinski definition) is 2. The predicted molar refractivity (Wildman–Crippen MR) is 96.9 cm³/mol. The van der Waals surface area contributed by atoms with Gasteiger partial charge in [-0.1, -0.05) is 19.9 Å². The Morgan fingerprint density at radius 2 is 2.12 bits per heavy atom. The first-order valence-electron chi connectivity index (χ1n) is 7.99. The third-order valence-corrected chi connectivity index (χ3v) is 4.23. The SMILES string of the molecule is CC(C)(C=O)Cn1cc2c(N)nc3cc(-c4ccn[nH]4)ccc3c2n1. The number of anilines is 1. The number of nitrogens with two attached hydrogens (primary N) is 1. The number of aromatic amines is 1. The van der Waals surface area contributed by atoms with Gasteiger partial charge in [0, 0.05) is 28.8 Å². The average Bonchev–Trinajstić information content (AvgIpc) is 3.24. The molecule has 0 aliphatic carbocycles. The van der Waals surface area contributed by atoms with Crippen molar-refractivity contribution in [1.29, 1.82) is 0 Å². The van der Waals surface area contributed by atoms with Gasteiger partial charge in [-0.15, -0.1) is 0 Å². The molecule has 4 aromatic rings. The van der Waals surface area contributed by atoms with Crippen molar-refractivity contribution in [3.05, 3.63) is 36.7 Å². The van der Waals surface area contributed by atoms with Crippen LogP contribution in [0.15, 0.2) is 36.7 Å². The number of pyridine rings is 1. The van der Waals surface area contributed by atoms with E-state index in [2.05, 4.69) is 20.3 Å². The van der Waals surface area contributed by atoms with Crippen LogP contribution in [0.3, 0.4) is 0 Å². The third-order valence-electron chi connectivity index (χ3n) is 4.23. The number of rotatable bonds is 4. The molecular weight excluding hydrogens is 316 g/mol. The standard InChI is InChI=1S/C18H18N6O/c1-18(2,10-25)9-24-8-13-16(23-24)12-4-3-11(14-5-6-20-22-14)7-15(12)21-17(13)19/h3-8,10H,9H2,1-2H3,(H2,19,21)(H,20,22). The van der Waals surface area contributed by atoms with Crippen molar-refractivity contribution in [3.8, 4) is 11.3 Å². The highest BCUT2D eigenvalue weighted by atomic mass is 16.1. The zero-order valence-electron chi connectivity index (χ0n) is 14.0. The summed E-state index contributed by atoms with van der Waals surface area (Å²) in [5.41, 5.74) is 9.12. The quantitative estimate of drug-likeness (QED) is 0.559. The highest BCUT2D eigenvalue weighted by molar-refractivity contribution is 6.08. The van der Waals surface area contributed by atoms with Gasteiger partial charge in [-0.05, 0) is 18.2 Å². The maximum absolute atomic E-state index is 11.2. The van der Waals surface area contributed by atoms with E-state index in [1.807, 2.05) is 44.3 Å². The molecule has 3 aromatic heterocycles. The van der Waals surface area contributed by atoms with Gasteiger partial charge >= 0.3 is 0 Å². The van der Waals surface area contributed by atoms with Crippen molar-refractivity contribution in [3.63, 3.8) is 0 Å². The van der Waals surface area contributed by atoms with E-state index in [4.69, 9.17) is 5.73 Å². The molecule has 4 rings (SSSR count). The van der Waals surface area contributed by atoms with Gasteiger partial charge in [0.05, 0.1) is 23.1 Å². The fourth-order valence-electron chi connectivity index (χ4n) is 2.94. The molecule has 0 radical (unpaired) electrons. The molecule has 126 valence electrons. The summed E-state index contributed by atoms with van der Waals surface area (Å²) in [6.07, 6.45) is 4.50. The molecule has 0 saturated heterocycles. The highest BCUT2D eigenvalue weighted by Gasteiger charge is 2.19. The Morgan fingerprint density at radius 3 is 2.84 bits per heavy atom. The van der Waals surface area contributed by atoms with Crippen LogP contribution in [-0.2, 0) is 11.3 Å². The lowest BCUT2D eigenvalue weighted by Gasteiger charge is -2.15. The normalized spacial score (nSPS) is 12.1. The topological polar surface area (TPSA) is 102 Å². The third kappa shape index (κ3) is 2.63. The highest BCUT2D eigenvalue weighted by Crippen LogP contribution is 2.30. The van der Waals surface area contributed by atoms with E-state index >= 15 is 0 Å². The lowest BCUT2D eigenvalue weighted by Crippen LogP contribution is -2.21. The molecule has 1 aromatic carbocycles. The van der Waals surface area contributed by atoms with Crippen LogP contribution < -0.4 is 5.73 Å². The first-order valence-corrected chi connectivity index (χ1v) is 7.99. The first kappa shape index (κ1) is 15.3. The summed E-state index contributed by atoms with van der Waals surface area (Å²) in [6.45, 7) is 4.24. The summed E-state index contributed by atoms with van der Waals surface area (Å²) in [4.78, 5) is 15.7. The number of hydrogen-bond acceptors (Lipinski definition) is 5. The maximum atomic E-state index is 11.2. The molecule has 3 heterocycles. The largest absolute Gasteiger partial charge is 0.383 e. The van der Waals surface area contributed by atoms with E-state index < -0.39 is 5.41 Å². The van der Waals surface area contributed by atoms with Gasteiger partial charge in [0.2, 0.25) is 0 Å². The second kappa shape index (κ2) is 5.41. The second-order valence-electron chi connectivity index (χ2n) is 6.89. The lowest BCUT2D eigenvalue weighted by molar-refractivity contribution is -0.115. The fraction of sp³-hybridized carbons (Fsp3) is 0.222. The van der Waals surface area contributed by atoms with Crippen molar-refractivity contribution >= 4 is 33.9 Å². The Labute approximate surface area is 143 Å². The Kier molecular flexibility index (Phi) is 3.31. The molecule has 0 fully saturated rings. The number of aromatic nitrogens is 5. The Hall–Kier alpha value is -3.22. The number of nitrogens with one attached hydrogen (secondary N) is 1. The zero-order valence-corrected chi connectivity index (χ0v) is 14.0. The first-order chi connectivity index (χ1) is 12.0. The van der Waals surface area contributed by atoms with Crippen molar-refractivity contribution in [2.45, 2.75) is 20.4 Å². The molecule has 7 nitrogen and oxygen atoms in total. The Balaban J connectivity index is 1.88. The molecule has 0 amide bonds. The monoisotopic (exact) mass is 334 g/mol. The van der Waals surface area contributed by atoms with E-state index in [0.29, 0.717) is 12.4 Å². The summed E-state index contributed by atoms with van der Waals surface area (Å²) in [7, 11) is 0. The average molecular weight is 334 g/mol. The Morgan fingerprint density at radius 1 is 1.28 bits per heavy atom. The van der Waals surface area contributed by atoms with Gasteiger partial charge in [0.1, 0.15) is 17.6 Å². The Bertz CT molecular complexity index is 1080. The molecule has 25 heavy (non-hydrogen) atoms. The van der Waals surface area contributed by atoms with Gasteiger partial charge in [-0.25, -0.2) is 4.98 Å². The second-order valence-corrected chi connectivity index (χ2v) is 6.89. The van der Waals surface area contributed by atoms with Crippen LogP contribution in [0.25, 0.3) is 33.1 Å². The molecule has 0 atom stereocenters. The summed E-state index contributed by atoms with van der Waals surface area (Å²) in [5, 5.41) is 13.3. The molecule has 0 spiro atoms. The van der Waals surface area contributed by atoms with Gasteiger partial charge < -0.3 is 10.5 Å². The minimum Gasteiger partial charge on any atom is -0.383 e. The molecule has 0 saturated carbocycles. The maximum Gasteiger partial charge on any atom is 0.135 e. The van der Waals surface area contributed by atoms with Gasteiger partial charge in [-0.3, -0.25) is 9.78 Å². The van der Waals surface area contributed by atoms with Gasteiger partial charge in [0.25, 0.3) is 0 Å². The van der Waals surface area contributed by atoms with Crippen LogP contribution in [-0.4, -0.2) is 31.2 Å². The minimum atomic E-state index is -0.492. The summed E-state index contributed by atoms with van der Waals surface area (Å²) >= 11 is 0. The number of fused-ring (bicyclic) bond motifs is 3. The minimum absolute atomic E-state index is 0.430. The lowest BCUT2D eigenvalue weighted by atomic mass is 9.96. The van der Waals surface area contributed by atoms with Crippen LogP contribution in [0, 0.1) is 5.41 Å².